The summed E-state index contributed by atoms with van der Waals surface area (Å²) < 4.78 is 68.2. The third-order valence-electron chi connectivity index (χ3n) is 16.5. The van der Waals surface area contributed by atoms with Gasteiger partial charge >= 0.3 is 39.5 Å². The molecule has 0 aromatic heterocycles. The standard InChI is InChI=1S/C71H138O17P2/c1-7-9-11-13-15-17-18-19-20-21-22-23-24-25-26-27-31-36-43-49-55-70(75)87-66(59-82-69(74)54-48-42-35-32-28-30-33-39-45-51-63(3)4)61-85-89(77,78)83-57-65(72)58-84-90(79,80)86-62-67(88-71(76)56-50-44-38-37-40-46-52-64(5)6)60-81-68(73)53-47-41-34-29-16-14-12-10-8-2/h63-67,72H,7-62H2,1-6H3,(H,77,78)(H,79,80)/t65-,66-,67-/m1/s1. The summed E-state index contributed by atoms with van der Waals surface area (Å²) in [5.74, 6) is -0.717. The fraction of sp³-hybridized carbons (Fsp3) is 0.944. The average molecular weight is 1330 g/mol. The van der Waals surface area contributed by atoms with Gasteiger partial charge in [-0.15, -0.1) is 0 Å². The Morgan fingerprint density at radius 2 is 0.511 bits per heavy atom. The Morgan fingerprint density at radius 3 is 0.756 bits per heavy atom. The highest BCUT2D eigenvalue weighted by Gasteiger charge is 2.30. The maximum atomic E-state index is 13.0. The Balaban J connectivity index is 5.17. The van der Waals surface area contributed by atoms with Crippen LogP contribution in [0.3, 0.4) is 0 Å². The number of esters is 4. The summed E-state index contributed by atoms with van der Waals surface area (Å²) in [6, 6.07) is 0. The maximum Gasteiger partial charge on any atom is 0.472 e. The van der Waals surface area contributed by atoms with E-state index in [9.17, 15) is 43.2 Å². The lowest BCUT2D eigenvalue weighted by Gasteiger charge is -2.21. The highest BCUT2D eigenvalue weighted by molar-refractivity contribution is 7.47. The molecule has 17 nitrogen and oxygen atoms in total. The van der Waals surface area contributed by atoms with Gasteiger partial charge in [-0.25, -0.2) is 9.13 Å². The van der Waals surface area contributed by atoms with Crippen molar-refractivity contribution in [3.05, 3.63) is 0 Å². The van der Waals surface area contributed by atoms with Crippen LogP contribution in [0, 0.1) is 11.8 Å². The summed E-state index contributed by atoms with van der Waals surface area (Å²) in [5.41, 5.74) is 0. The largest absolute Gasteiger partial charge is 0.472 e. The number of carbonyl (C=O) groups excluding carboxylic acids is 4. The third kappa shape index (κ3) is 64.8. The van der Waals surface area contributed by atoms with Crippen LogP contribution in [0.15, 0.2) is 0 Å². The van der Waals surface area contributed by atoms with Crippen molar-refractivity contribution in [2.24, 2.45) is 11.8 Å². The molecule has 0 aliphatic rings. The minimum absolute atomic E-state index is 0.102. The van der Waals surface area contributed by atoms with Gasteiger partial charge in [0.05, 0.1) is 26.4 Å². The Morgan fingerprint density at radius 1 is 0.300 bits per heavy atom. The molecule has 3 N–H and O–H groups in total. The molecule has 5 atom stereocenters. The first-order valence-electron chi connectivity index (χ1n) is 37.0. The average Bonchev–Trinajstić information content (AvgIpc) is 3.24. The lowest BCUT2D eigenvalue weighted by molar-refractivity contribution is -0.161. The number of phosphoric acid groups is 2. The molecule has 0 aromatic carbocycles. The molecule has 0 fully saturated rings. The van der Waals surface area contributed by atoms with Crippen LogP contribution in [0.1, 0.15) is 363 Å². The van der Waals surface area contributed by atoms with Gasteiger partial charge in [0.25, 0.3) is 0 Å². The predicted molar refractivity (Wildman–Crippen MR) is 363 cm³/mol. The zero-order valence-electron chi connectivity index (χ0n) is 58.4. The summed E-state index contributed by atoms with van der Waals surface area (Å²) in [6.07, 6.45) is 48.9. The highest BCUT2D eigenvalue weighted by atomic mass is 31.2. The fourth-order valence-corrected chi connectivity index (χ4v) is 12.3. The van der Waals surface area contributed by atoms with Crippen molar-refractivity contribution in [3.8, 4) is 0 Å². The predicted octanol–water partition coefficient (Wildman–Crippen LogP) is 20.4. The van der Waals surface area contributed by atoms with Gasteiger partial charge in [-0.2, -0.15) is 0 Å². The Kier molecular flexibility index (Phi) is 61.8. The lowest BCUT2D eigenvalue weighted by Crippen LogP contribution is -2.30. The SMILES string of the molecule is CCCCCCCCCCCCCCCCCCCCCCC(=O)O[C@H](COC(=O)CCCCCCCCCCCC(C)C)COP(=O)(O)OC[C@@H](O)COP(=O)(O)OC[C@@H](COC(=O)CCCCCCCCCCC)OC(=O)CCCCCCCCC(C)C. The molecule has 0 saturated heterocycles. The van der Waals surface area contributed by atoms with Crippen molar-refractivity contribution in [1.82, 2.24) is 0 Å². The number of phosphoric ester groups is 2. The number of hydrogen-bond acceptors (Lipinski definition) is 15. The molecule has 534 valence electrons. The van der Waals surface area contributed by atoms with Gasteiger partial charge in [0.1, 0.15) is 19.3 Å². The van der Waals surface area contributed by atoms with Gasteiger partial charge in [0.15, 0.2) is 12.2 Å². The van der Waals surface area contributed by atoms with Gasteiger partial charge in [0, 0.05) is 25.7 Å². The van der Waals surface area contributed by atoms with Crippen molar-refractivity contribution >= 4 is 39.5 Å². The molecule has 0 aliphatic carbocycles. The summed E-state index contributed by atoms with van der Waals surface area (Å²) in [6.45, 7) is 9.42. The van der Waals surface area contributed by atoms with E-state index >= 15 is 0 Å². The minimum atomic E-state index is -4.95. The zero-order valence-corrected chi connectivity index (χ0v) is 60.2. The highest BCUT2D eigenvalue weighted by Crippen LogP contribution is 2.45. The molecule has 0 heterocycles. The number of aliphatic hydroxyl groups is 1. The van der Waals surface area contributed by atoms with Gasteiger partial charge in [-0.1, -0.05) is 311 Å². The first kappa shape index (κ1) is 88.1. The van der Waals surface area contributed by atoms with E-state index in [1.807, 2.05) is 0 Å². The Bertz CT molecular complexity index is 1750. The van der Waals surface area contributed by atoms with Crippen LogP contribution in [0.5, 0.6) is 0 Å². The third-order valence-corrected chi connectivity index (χ3v) is 18.4. The number of carbonyl (C=O) groups is 4. The van der Waals surface area contributed by atoms with E-state index in [0.29, 0.717) is 31.6 Å². The van der Waals surface area contributed by atoms with Crippen molar-refractivity contribution in [2.75, 3.05) is 39.6 Å². The van der Waals surface area contributed by atoms with E-state index in [1.165, 1.54) is 180 Å². The van der Waals surface area contributed by atoms with Crippen molar-refractivity contribution < 1.29 is 80.2 Å². The topological polar surface area (TPSA) is 237 Å². The molecule has 0 bridgehead atoms. The molecular weight excluding hydrogens is 1190 g/mol. The van der Waals surface area contributed by atoms with Crippen molar-refractivity contribution in [3.63, 3.8) is 0 Å². The molecule has 0 rings (SSSR count). The maximum absolute atomic E-state index is 13.0. The summed E-state index contributed by atoms with van der Waals surface area (Å²) in [4.78, 5) is 72.4. The molecule has 0 spiro atoms. The molecule has 19 heteroatoms. The molecular formula is C71H138O17P2. The number of ether oxygens (including phenoxy) is 4. The van der Waals surface area contributed by atoms with E-state index < -0.39 is 97.5 Å². The van der Waals surface area contributed by atoms with E-state index in [4.69, 9.17) is 37.0 Å². The van der Waals surface area contributed by atoms with E-state index in [-0.39, 0.29) is 25.7 Å². The number of aliphatic hydroxyl groups excluding tert-OH is 1. The first-order valence-corrected chi connectivity index (χ1v) is 40.0. The monoisotopic (exact) mass is 1320 g/mol. The Hall–Kier alpha value is -1.94. The molecule has 0 saturated carbocycles. The molecule has 0 amide bonds. The summed E-state index contributed by atoms with van der Waals surface area (Å²) in [7, 11) is -9.90. The summed E-state index contributed by atoms with van der Waals surface area (Å²) >= 11 is 0. The van der Waals surface area contributed by atoms with Crippen LogP contribution >= 0.6 is 15.6 Å². The number of hydrogen-bond donors (Lipinski definition) is 3. The van der Waals surface area contributed by atoms with Gasteiger partial charge in [-0.3, -0.25) is 37.3 Å². The molecule has 0 radical (unpaired) electrons. The summed E-state index contributed by atoms with van der Waals surface area (Å²) in [5, 5.41) is 10.6. The minimum Gasteiger partial charge on any atom is -0.462 e. The van der Waals surface area contributed by atoms with Crippen LogP contribution in [0.25, 0.3) is 0 Å². The Labute approximate surface area is 549 Å². The zero-order chi connectivity index (χ0) is 66.5. The van der Waals surface area contributed by atoms with Crippen molar-refractivity contribution in [2.45, 2.75) is 381 Å². The second-order valence-electron chi connectivity index (χ2n) is 26.6. The normalized spacial score (nSPS) is 14.1. The van der Waals surface area contributed by atoms with Gasteiger partial charge < -0.3 is 33.8 Å². The van der Waals surface area contributed by atoms with E-state index in [2.05, 4.69) is 41.5 Å². The quantitative estimate of drug-likeness (QED) is 0.0222. The second kappa shape index (κ2) is 63.1. The lowest BCUT2D eigenvalue weighted by atomic mass is 10.0. The smallest absolute Gasteiger partial charge is 0.462 e. The molecule has 2 unspecified atom stereocenters. The number of rotatable bonds is 70. The second-order valence-corrected chi connectivity index (χ2v) is 29.5. The number of unbranched alkanes of at least 4 members (excludes halogenated alkanes) is 40. The fourth-order valence-electron chi connectivity index (χ4n) is 10.8. The molecule has 90 heavy (non-hydrogen) atoms. The van der Waals surface area contributed by atoms with Crippen LogP contribution < -0.4 is 0 Å². The van der Waals surface area contributed by atoms with Crippen molar-refractivity contribution in [1.29, 1.82) is 0 Å². The van der Waals surface area contributed by atoms with Crippen LogP contribution in [0.2, 0.25) is 0 Å². The van der Waals surface area contributed by atoms with E-state index in [1.54, 1.807) is 0 Å². The van der Waals surface area contributed by atoms with Crippen LogP contribution in [-0.4, -0.2) is 96.7 Å². The van der Waals surface area contributed by atoms with Crippen LogP contribution in [0.4, 0.5) is 0 Å². The van der Waals surface area contributed by atoms with Gasteiger partial charge in [0.2, 0.25) is 0 Å². The first-order chi connectivity index (χ1) is 43.4. The molecule has 0 aliphatic heterocycles. The van der Waals surface area contributed by atoms with E-state index in [0.717, 1.165) is 95.8 Å². The van der Waals surface area contributed by atoms with Gasteiger partial charge in [-0.05, 0) is 37.5 Å². The molecule has 0 aromatic rings. The van der Waals surface area contributed by atoms with Crippen LogP contribution in [-0.2, 0) is 65.4 Å².